The van der Waals surface area contributed by atoms with Crippen LogP contribution in [0.1, 0.15) is 18.4 Å². The van der Waals surface area contributed by atoms with E-state index in [9.17, 15) is 4.79 Å². The van der Waals surface area contributed by atoms with Crippen LogP contribution in [0.25, 0.3) is 10.9 Å². The van der Waals surface area contributed by atoms with E-state index in [2.05, 4.69) is 10.3 Å². The predicted octanol–water partition coefficient (Wildman–Crippen LogP) is 3.86. The number of aromatic nitrogens is 1. The fourth-order valence-corrected chi connectivity index (χ4v) is 3.51. The highest BCUT2D eigenvalue weighted by Crippen LogP contribution is 2.51. The number of nitrogens with one attached hydrogen (secondary N) is 2. The number of aromatic amines is 1. The van der Waals surface area contributed by atoms with Crippen molar-refractivity contribution in [2.75, 3.05) is 26.6 Å². The summed E-state index contributed by atoms with van der Waals surface area (Å²) in [6.07, 6.45) is 3.55. The molecular weight excluding hydrogens is 344 g/mol. The van der Waals surface area contributed by atoms with Crippen LogP contribution in [0, 0.1) is 0 Å². The summed E-state index contributed by atoms with van der Waals surface area (Å²) in [6.45, 7) is 0. The number of hydrogen-bond acceptors (Lipinski definition) is 4. The molecule has 0 atom stereocenters. The molecule has 4 rings (SSSR count). The van der Waals surface area contributed by atoms with E-state index >= 15 is 0 Å². The fourth-order valence-electron chi connectivity index (χ4n) is 3.51. The first kappa shape index (κ1) is 17.3. The summed E-state index contributed by atoms with van der Waals surface area (Å²) in [6, 6.07) is 11.2. The van der Waals surface area contributed by atoms with Gasteiger partial charge in [-0.25, -0.2) is 0 Å². The lowest BCUT2D eigenvalue weighted by molar-refractivity contribution is -0.118. The number of carbonyl (C=O) groups excluding carboxylic acids is 1. The molecule has 1 aliphatic rings. The summed E-state index contributed by atoms with van der Waals surface area (Å²) in [4.78, 5) is 16.4. The van der Waals surface area contributed by atoms with Gasteiger partial charge >= 0.3 is 0 Å². The van der Waals surface area contributed by atoms with E-state index in [1.165, 1.54) is 0 Å². The highest BCUT2D eigenvalue weighted by Gasteiger charge is 2.52. The summed E-state index contributed by atoms with van der Waals surface area (Å²) in [5.41, 5.74) is 2.09. The maximum Gasteiger partial charge on any atom is 0.235 e. The van der Waals surface area contributed by atoms with Gasteiger partial charge in [-0.2, -0.15) is 0 Å². The number of anilines is 1. The zero-order valence-electron chi connectivity index (χ0n) is 15.6. The van der Waals surface area contributed by atoms with Crippen molar-refractivity contribution in [1.82, 2.24) is 4.98 Å². The van der Waals surface area contributed by atoms with Crippen molar-refractivity contribution < 1.29 is 19.0 Å². The van der Waals surface area contributed by atoms with Crippen LogP contribution in [-0.2, 0) is 10.2 Å². The number of benzene rings is 2. The Hall–Kier alpha value is -3.15. The van der Waals surface area contributed by atoms with Gasteiger partial charge in [0, 0.05) is 23.2 Å². The monoisotopic (exact) mass is 366 g/mol. The third-order valence-corrected chi connectivity index (χ3v) is 5.25. The lowest BCUT2D eigenvalue weighted by Crippen LogP contribution is -2.27. The first-order valence-corrected chi connectivity index (χ1v) is 8.80. The molecule has 3 aromatic rings. The van der Waals surface area contributed by atoms with Crippen LogP contribution in [0.2, 0.25) is 0 Å². The number of hydrogen-bond donors (Lipinski definition) is 2. The first-order chi connectivity index (χ1) is 13.1. The van der Waals surface area contributed by atoms with Gasteiger partial charge in [0.1, 0.15) is 17.2 Å². The lowest BCUT2D eigenvalue weighted by atomic mass is 9.94. The quantitative estimate of drug-likeness (QED) is 0.695. The molecule has 0 unspecified atom stereocenters. The Labute approximate surface area is 157 Å². The molecule has 140 valence electrons. The molecule has 0 aliphatic heterocycles. The number of fused-ring (bicyclic) bond motifs is 1. The first-order valence-electron chi connectivity index (χ1n) is 8.80. The largest absolute Gasteiger partial charge is 0.497 e. The maximum atomic E-state index is 13.2. The minimum absolute atomic E-state index is 0.0327. The van der Waals surface area contributed by atoms with Crippen LogP contribution in [0.5, 0.6) is 17.2 Å². The van der Waals surface area contributed by atoms with Crippen molar-refractivity contribution in [3.05, 3.63) is 48.2 Å². The lowest BCUT2D eigenvalue weighted by Gasteiger charge is -2.17. The third-order valence-electron chi connectivity index (χ3n) is 5.25. The highest BCUT2D eigenvalue weighted by molar-refractivity contribution is 6.05. The normalized spacial score (nSPS) is 14.6. The number of amides is 1. The predicted molar refractivity (Wildman–Crippen MR) is 104 cm³/mol. The molecule has 1 aliphatic carbocycles. The average Bonchev–Trinajstić information content (AvgIpc) is 3.41. The smallest absolute Gasteiger partial charge is 0.235 e. The minimum atomic E-state index is -0.532. The van der Waals surface area contributed by atoms with Crippen LogP contribution >= 0.6 is 0 Å². The van der Waals surface area contributed by atoms with Crippen molar-refractivity contribution in [3.8, 4) is 17.2 Å². The Morgan fingerprint density at radius 2 is 1.70 bits per heavy atom. The van der Waals surface area contributed by atoms with Gasteiger partial charge in [0.25, 0.3) is 0 Å². The standard InChI is InChI=1S/C21H22N2O4/c1-25-13-4-6-17-15(10-13)16(12-22-17)21(8-9-21)20(24)23-18-7-5-14(26-2)11-19(18)27-3/h4-7,10-12,22H,8-9H2,1-3H3,(H,23,24). The van der Waals surface area contributed by atoms with E-state index in [4.69, 9.17) is 14.2 Å². The molecule has 0 saturated heterocycles. The van der Waals surface area contributed by atoms with Crippen LogP contribution in [0.4, 0.5) is 5.69 Å². The minimum Gasteiger partial charge on any atom is -0.497 e. The van der Waals surface area contributed by atoms with Crippen molar-refractivity contribution in [2.45, 2.75) is 18.3 Å². The molecular formula is C21H22N2O4. The molecule has 2 aromatic carbocycles. The molecule has 27 heavy (non-hydrogen) atoms. The van der Waals surface area contributed by atoms with E-state index in [1.807, 2.05) is 24.4 Å². The van der Waals surface area contributed by atoms with E-state index in [-0.39, 0.29) is 5.91 Å². The number of carbonyl (C=O) groups is 1. The zero-order chi connectivity index (χ0) is 19.0. The zero-order valence-corrected chi connectivity index (χ0v) is 15.6. The van der Waals surface area contributed by atoms with Crippen molar-refractivity contribution in [3.63, 3.8) is 0 Å². The SMILES string of the molecule is COc1ccc(NC(=O)C2(c3c[nH]c4ccc(OC)cc34)CC2)c(OC)c1. The van der Waals surface area contributed by atoms with Gasteiger partial charge in [-0.1, -0.05) is 0 Å². The van der Waals surface area contributed by atoms with Gasteiger partial charge in [-0.05, 0) is 48.7 Å². The average molecular weight is 366 g/mol. The van der Waals surface area contributed by atoms with E-state index in [1.54, 1.807) is 39.5 Å². The fraction of sp³-hybridized carbons (Fsp3) is 0.286. The van der Waals surface area contributed by atoms with Crippen LogP contribution in [-0.4, -0.2) is 32.2 Å². The Balaban J connectivity index is 1.66. The van der Waals surface area contributed by atoms with Crippen LogP contribution in [0.3, 0.4) is 0 Å². The van der Waals surface area contributed by atoms with Crippen LogP contribution in [0.15, 0.2) is 42.6 Å². The molecule has 0 radical (unpaired) electrons. The van der Waals surface area contributed by atoms with Gasteiger partial charge in [-0.3, -0.25) is 4.79 Å². The summed E-state index contributed by atoms with van der Waals surface area (Å²) >= 11 is 0. The molecule has 6 heteroatoms. The molecule has 1 fully saturated rings. The Morgan fingerprint density at radius 3 is 2.37 bits per heavy atom. The second-order valence-corrected chi connectivity index (χ2v) is 6.72. The van der Waals surface area contributed by atoms with Gasteiger partial charge in [-0.15, -0.1) is 0 Å². The van der Waals surface area contributed by atoms with Crippen molar-refractivity contribution in [2.24, 2.45) is 0 Å². The molecule has 1 saturated carbocycles. The van der Waals surface area contributed by atoms with Crippen molar-refractivity contribution >= 4 is 22.5 Å². The third kappa shape index (κ3) is 2.87. The molecule has 1 amide bonds. The molecule has 6 nitrogen and oxygen atoms in total. The summed E-state index contributed by atoms with van der Waals surface area (Å²) in [5.74, 6) is 1.99. The summed E-state index contributed by atoms with van der Waals surface area (Å²) in [7, 11) is 4.81. The summed E-state index contributed by atoms with van der Waals surface area (Å²) in [5, 5.41) is 4.05. The summed E-state index contributed by atoms with van der Waals surface area (Å²) < 4.78 is 16.0. The van der Waals surface area contributed by atoms with Gasteiger partial charge in [0.15, 0.2) is 0 Å². The topological polar surface area (TPSA) is 72.6 Å². The molecule has 1 aromatic heterocycles. The Bertz CT molecular complexity index is 1000. The second kappa shape index (κ2) is 6.54. The highest BCUT2D eigenvalue weighted by atomic mass is 16.5. The van der Waals surface area contributed by atoms with E-state index in [0.29, 0.717) is 17.2 Å². The molecule has 0 spiro atoms. The molecule has 0 bridgehead atoms. The second-order valence-electron chi connectivity index (χ2n) is 6.72. The molecule has 2 N–H and O–H groups in total. The number of ether oxygens (including phenoxy) is 3. The van der Waals surface area contributed by atoms with E-state index in [0.717, 1.165) is 35.1 Å². The Morgan fingerprint density at radius 1 is 1.00 bits per heavy atom. The van der Waals surface area contributed by atoms with Gasteiger partial charge in [0.05, 0.1) is 32.4 Å². The van der Waals surface area contributed by atoms with Gasteiger partial charge in [0.2, 0.25) is 5.91 Å². The number of methoxy groups -OCH3 is 3. The van der Waals surface area contributed by atoms with E-state index < -0.39 is 5.41 Å². The van der Waals surface area contributed by atoms with Gasteiger partial charge < -0.3 is 24.5 Å². The van der Waals surface area contributed by atoms with Crippen LogP contribution < -0.4 is 19.5 Å². The maximum absolute atomic E-state index is 13.2. The molecule has 1 heterocycles. The number of H-pyrrole nitrogens is 1. The number of rotatable bonds is 6. The Kier molecular flexibility index (Phi) is 4.18. The van der Waals surface area contributed by atoms with Crippen molar-refractivity contribution in [1.29, 1.82) is 0 Å².